The van der Waals surface area contributed by atoms with E-state index < -0.39 is 0 Å². The Hall–Kier alpha value is -4.63. The Kier molecular flexibility index (Phi) is 8.40. The minimum atomic E-state index is -0.291. The number of rotatable bonds is 10. The maximum Gasteiger partial charge on any atom is 0.272 e. The molecule has 0 spiro atoms. The van der Waals surface area contributed by atoms with E-state index in [-0.39, 0.29) is 17.5 Å². The molecule has 0 saturated carbocycles. The van der Waals surface area contributed by atoms with Crippen molar-refractivity contribution in [1.82, 2.24) is 20.2 Å². The zero-order valence-electron chi connectivity index (χ0n) is 21.9. The normalized spacial score (nSPS) is 10.8. The zero-order valence-corrected chi connectivity index (χ0v) is 21.9. The highest BCUT2D eigenvalue weighted by atomic mass is 16.5. The van der Waals surface area contributed by atoms with Gasteiger partial charge in [-0.1, -0.05) is 18.2 Å². The molecule has 4 aromatic rings. The second-order valence-electron chi connectivity index (χ2n) is 8.99. The molecule has 0 aliphatic carbocycles. The summed E-state index contributed by atoms with van der Waals surface area (Å²) in [6.07, 6.45) is 3.29. The summed E-state index contributed by atoms with van der Waals surface area (Å²) in [6.45, 7) is 3.24. The lowest BCUT2D eigenvalue weighted by atomic mass is 10.1. The highest BCUT2D eigenvalue weighted by Gasteiger charge is 2.14. The number of aromatic nitrogens is 2. The number of anilines is 1. The van der Waals surface area contributed by atoms with Crippen LogP contribution >= 0.6 is 0 Å². The van der Waals surface area contributed by atoms with Gasteiger partial charge in [0.1, 0.15) is 35.2 Å². The maximum atomic E-state index is 13.1. The fourth-order valence-corrected chi connectivity index (χ4v) is 3.69. The van der Waals surface area contributed by atoms with E-state index in [9.17, 15) is 9.59 Å². The number of carbonyl (C=O) groups is 2. The van der Waals surface area contributed by atoms with Gasteiger partial charge in [-0.05, 0) is 68.5 Å². The number of benzene rings is 2. The number of H-pyrrole nitrogens is 1. The third kappa shape index (κ3) is 6.77. The number of aryl methyl sites for hydroxylation is 1. The van der Waals surface area contributed by atoms with E-state index in [1.54, 1.807) is 31.4 Å². The number of ether oxygens (including phenoxy) is 2. The van der Waals surface area contributed by atoms with Gasteiger partial charge in [0, 0.05) is 37.6 Å². The molecule has 2 heterocycles. The first kappa shape index (κ1) is 26.4. The summed E-state index contributed by atoms with van der Waals surface area (Å²) < 4.78 is 11.9. The first-order chi connectivity index (χ1) is 18.3. The van der Waals surface area contributed by atoms with Crippen LogP contribution in [0.5, 0.6) is 17.2 Å². The van der Waals surface area contributed by atoms with Crippen molar-refractivity contribution >= 4 is 17.5 Å². The summed E-state index contributed by atoms with van der Waals surface area (Å²) in [4.78, 5) is 34.1. The fraction of sp³-hybridized carbons (Fsp3) is 0.207. The van der Waals surface area contributed by atoms with Gasteiger partial charge in [-0.25, -0.2) is 0 Å². The minimum absolute atomic E-state index is 0.266. The van der Waals surface area contributed by atoms with Crippen LogP contribution in [0, 0.1) is 6.92 Å². The number of nitrogens with one attached hydrogen (secondary N) is 3. The van der Waals surface area contributed by atoms with Crippen LogP contribution in [-0.2, 0) is 0 Å². The Labute approximate surface area is 221 Å². The second-order valence-corrected chi connectivity index (χ2v) is 8.99. The van der Waals surface area contributed by atoms with Crippen molar-refractivity contribution in [3.05, 3.63) is 90.0 Å². The predicted molar refractivity (Wildman–Crippen MR) is 147 cm³/mol. The lowest BCUT2D eigenvalue weighted by Gasteiger charge is -2.15. The van der Waals surface area contributed by atoms with E-state index in [1.165, 1.54) is 6.20 Å². The van der Waals surface area contributed by atoms with Crippen molar-refractivity contribution in [2.75, 3.05) is 39.6 Å². The molecule has 0 bridgehead atoms. The summed E-state index contributed by atoms with van der Waals surface area (Å²) in [7, 11) is 5.51. The number of aromatic amines is 1. The highest BCUT2D eigenvalue weighted by Crippen LogP contribution is 2.29. The average molecular weight is 514 g/mol. The van der Waals surface area contributed by atoms with Crippen LogP contribution in [0.4, 0.5) is 5.69 Å². The van der Waals surface area contributed by atoms with Gasteiger partial charge in [0.15, 0.2) is 0 Å². The Balaban J connectivity index is 1.47. The number of carbonyl (C=O) groups excluding carboxylic acids is 2. The third-order valence-electron chi connectivity index (χ3n) is 5.70. The highest BCUT2D eigenvalue weighted by molar-refractivity contribution is 6.04. The predicted octanol–water partition coefficient (Wildman–Crippen LogP) is 4.73. The third-order valence-corrected chi connectivity index (χ3v) is 5.70. The minimum Gasteiger partial charge on any atom is -0.490 e. The monoisotopic (exact) mass is 513 g/mol. The van der Waals surface area contributed by atoms with E-state index >= 15 is 0 Å². The molecule has 9 nitrogen and oxygen atoms in total. The summed E-state index contributed by atoms with van der Waals surface area (Å²) in [5, 5.41) is 5.51. The number of likely N-dealkylation sites (N-methyl/N-ethyl adjacent to an activating group) is 1. The Morgan fingerprint density at radius 2 is 1.79 bits per heavy atom. The van der Waals surface area contributed by atoms with Crippen LogP contribution in [0.1, 0.15) is 26.5 Å². The molecule has 2 amide bonds. The summed E-state index contributed by atoms with van der Waals surface area (Å²) in [6, 6.07) is 18.2. The molecule has 0 aliphatic rings. The van der Waals surface area contributed by atoms with Gasteiger partial charge in [-0.3, -0.25) is 14.6 Å². The van der Waals surface area contributed by atoms with Crippen molar-refractivity contribution in [2.24, 2.45) is 0 Å². The van der Waals surface area contributed by atoms with Gasteiger partial charge < -0.3 is 30.0 Å². The fourth-order valence-electron chi connectivity index (χ4n) is 3.69. The van der Waals surface area contributed by atoms with Crippen molar-refractivity contribution < 1.29 is 19.1 Å². The molecule has 38 heavy (non-hydrogen) atoms. The van der Waals surface area contributed by atoms with Crippen molar-refractivity contribution in [3.8, 4) is 28.4 Å². The van der Waals surface area contributed by atoms with Crippen molar-refractivity contribution in [2.45, 2.75) is 6.92 Å². The van der Waals surface area contributed by atoms with Crippen LogP contribution in [0.25, 0.3) is 11.1 Å². The SMILES string of the molecule is CNC(=O)c1cc(Oc2cccc(-c3c[nH]c(C(=O)Nc4cc(C)ccc4OCCN(C)C)c3)c2)ccn1. The number of nitrogens with zero attached hydrogens (tertiary/aromatic N) is 2. The van der Waals surface area contributed by atoms with Crippen LogP contribution < -0.4 is 20.1 Å². The molecule has 2 aromatic heterocycles. The van der Waals surface area contributed by atoms with Crippen molar-refractivity contribution in [3.63, 3.8) is 0 Å². The van der Waals surface area contributed by atoms with Crippen molar-refractivity contribution in [1.29, 1.82) is 0 Å². The number of hydrogen-bond donors (Lipinski definition) is 3. The van der Waals surface area contributed by atoms with E-state index in [0.29, 0.717) is 35.2 Å². The molecule has 0 fully saturated rings. The molecule has 0 saturated heterocycles. The Morgan fingerprint density at radius 1 is 0.974 bits per heavy atom. The average Bonchev–Trinajstić information content (AvgIpc) is 3.40. The number of pyridine rings is 1. The molecule has 196 valence electrons. The van der Waals surface area contributed by atoms with Crippen LogP contribution in [-0.4, -0.2) is 61.0 Å². The number of amides is 2. The Morgan fingerprint density at radius 3 is 2.58 bits per heavy atom. The van der Waals surface area contributed by atoms with Gasteiger partial charge in [0.05, 0.1) is 5.69 Å². The quantitative estimate of drug-likeness (QED) is 0.283. The van der Waals surface area contributed by atoms with Gasteiger partial charge in [-0.15, -0.1) is 0 Å². The summed E-state index contributed by atoms with van der Waals surface area (Å²) in [5.74, 6) is 1.14. The molecule has 0 aliphatic heterocycles. The molecule has 9 heteroatoms. The van der Waals surface area contributed by atoms with Crippen LogP contribution in [0.2, 0.25) is 0 Å². The van der Waals surface area contributed by atoms with E-state index in [0.717, 1.165) is 23.2 Å². The summed E-state index contributed by atoms with van der Waals surface area (Å²) >= 11 is 0. The zero-order chi connectivity index (χ0) is 27.1. The van der Waals surface area contributed by atoms with Gasteiger partial charge in [-0.2, -0.15) is 0 Å². The van der Waals surface area contributed by atoms with E-state index in [1.807, 2.05) is 68.4 Å². The molecular weight excluding hydrogens is 482 g/mol. The van der Waals surface area contributed by atoms with E-state index in [2.05, 4.69) is 20.6 Å². The van der Waals surface area contributed by atoms with E-state index in [4.69, 9.17) is 9.47 Å². The largest absolute Gasteiger partial charge is 0.490 e. The number of hydrogen-bond acceptors (Lipinski definition) is 6. The van der Waals surface area contributed by atoms with Crippen LogP contribution in [0.15, 0.2) is 73.1 Å². The van der Waals surface area contributed by atoms with Gasteiger partial charge in [0.2, 0.25) is 0 Å². The van der Waals surface area contributed by atoms with Crippen LogP contribution in [0.3, 0.4) is 0 Å². The molecule has 3 N–H and O–H groups in total. The molecule has 0 atom stereocenters. The smallest absolute Gasteiger partial charge is 0.272 e. The lowest BCUT2D eigenvalue weighted by Crippen LogP contribution is -2.20. The van der Waals surface area contributed by atoms with Gasteiger partial charge in [0.25, 0.3) is 11.8 Å². The van der Waals surface area contributed by atoms with Gasteiger partial charge >= 0.3 is 0 Å². The summed E-state index contributed by atoms with van der Waals surface area (Å²) in [5.41, 5.74) is 4.00. The first-order valence-corrected chi connectivity index (χ1v) is 12.2. The molecule has 0 radical (unpaired) electrons. The maximum absolute atomic E-state index is 13.1. The molecule has 4 rings (SSSR count). The lowest BCUT2D eigenvalue weighted by molar-refractivity contribution is 0.0957. The Bertz CT molecular complexity index is 1430. The topological polar surface area (TPSA) is 109 Å². The standard InChI is InChI=1S/C29H31N5O4/c1-19-8-9-27(37-13-12-34(3)4)24(14-19)33-29(36)25-16-21(18-32-25)20-6-5-7-22(15-20)38-23-10-11-31-26(17-23)28(35)30-2/h5-11,14-18,32H,12-13H2,1-4H3,(H,30,35)(H,33,36). The molecule has 2 aromatic carbocycles. The second kappa shape index (κ2) is 12.1. The first-order valence-electron chi connectivity index (χ1n) is 12.2. The molecule has 0 unspecified atom stereocenters. The molecular formula is C29H31N5O4.